The Hall–Kier alpha value is -1.84. The van der Waals surface area contributed by atoms with E-state index < -0.39 is 11.2 Å². The number of nitrogens with one attached hydrogen (secondary N) is 2. The molecule has 1 aliphatic heterocycles. The Bertz CT molecular complexity index is 972. The summed E-state index contributed by atoms with van der Waals surface area (Å²) in [6.07, 6.45) is 11.1. The Labute approximate surface area is 174 Å². The molecule has 1 fully saturated rings. The summed E-state index contributed by atoms with van der Waals surface area (Å²) in [6.45, 7) is 7.08. The number of aromatic amines is 1. The SMILES string of the molecule is CCCC(CCC)(CCCNS(=O)N1CCC1)c1nnc2cnc3[nH]ccc3n12. The highest BCUT2D eigenvalue weighted by molar-refractivity contribution is 7.80. The van der Waals surface area contributed by atoms with Gasteiger partial charge in [-0.1, -0.05) is 26.7 Å². The molecule has 0 aromatic carbocycles. The van der Waals surface area contributed by atoms with Gasteiger partial charge in [0.05, 0.1) is 11.7 Å². The van der Waals surface area contributed by atoms with Crippen molar-refractivity contribution in [2.75, 3.05) is 19.6 Å². The van der Waals surface area contributed by atoms with E-state index >= 15 is 0 Å². The molecule has 29 heavy (non-hydrogen) atoms. The summed E-state index contributed by atoms with van der Waals surface area (Å²) in [7, 11) is 0. The summed E-state index contributed by atoms with van der Waals surface area (Å²) in [5, 5.41) is 9.11. The average molecular weight is 418 g/mol. The maximum Gasteiger partial charge on any atom is 0.179 e. The molecule has 4 heterocycles. The van der Waals surface area contributed by atoms with Crippen molar-refractivity contribution in [2.45, 2.75) is 64.2 Å². The zero-order chi connectivity index (χ0) is 20.3. The quantitative estimate of drug-likeness (QED) is 0.469. The first-order valence-corrected chi connectivity index (χ1v) is 11.9. The van der Waals surface area contributed by atoms with Crippen LogP contribution in [-0.2, 0) is 16.6 Å². The Morgan fingerprint density at radius 3 is 2.69 bits per heavy atom. The smallest absolute Gasteiger partial charge is 0.179 e. The van der Waals surface area contributed by atoms with Crippen molar-refractivity contribution in [2.24, 2.45) is 0 Å². The van der Waals surface area contributed by atoms with Crippen molar-refractivity contribution < 1.29 is 4.21 Å². The van der Waals surface area contributed by atoms with E-state index in [1.54, 1.807) is 6.20 Å². The number of nitrogens with zero attached hydrogens (tertiary/aromatic N) is 5. The highest BCUT2D eigenvalue weighted by atomic mass is 32.2. The zero-order valence-electron chi connectivity index (χ0n) is 17.4. The number of hydrogen-bond acceptors (Lipinski definition) is 4. The molecule has 3 aromatic rings. The number of rotatable bonds is 11. The van der Waals surface area contributed by atoms with Crippen LogP contribution < -0.4 is 4.72 Å². The lowest BCUT2D eigenvalue weighted by molar-refractivity contribution is 0.301. The number of fused-ring (bicyclic) bond motifs is 3. The van der Waals surface area contributed by atoms with E-state index in [2.05, 4.69) is 43.1 Å². The van der Waals surface area contributed by atoms with Crippen LogP contribution in [0.4, 0.5) is 0 Å². The molecular formula is C20H31N7OS. The molecule has 1 unspecified atom stereocenters. The molecular weight excluding hydrogens is 386 g/mol. The Balaban J connectivity index is 1.59. The van der Waals surface area contributed by atoms with Crippen LogP contribution in [0.5, 0.6) is 0 Å². The van der Waals surface area contributed by atoms with Crippen LogP contribution in [0.2, 0.25) is 0 Å². The van der Waals surface area contributed by atoms with Gasteiger partial charge in [0.2, 0.25) is 0 Å². The minimum atomic E-state index is -1.05. The largest absolute Gasteiger partial charge is 0.345 e. The van der Waals surface area contributed by atoms with Gasteiger partial charge in [-0.3, -0.25) is 4.40 Å². The summed E-state index contributed by atoms with van der Waals surface area (Å²) in [5.41, 5.74) is 2.62. The van der Waals surface area contributed by atoms with Gasteiger partial charge in [-0.2, -0.15) is 0 Å². The van der Waals surface area contributed by atoms with Gasteiger partial charge in [0, 0.05) is 31.2 Å². The lowest BCUT2D eigenvalue weighted by atomic mass is 9.74. The van der Waals surface area contributed by atoms with Crippen molar-refractivity contribution >= 4 is 28.0 Å². The van der Waals surface area contributed by atoms with Crippen LogP contribution >= 0.6 is 0 Å². The predicted molar refractivity (Wildman–Crippen MR) is 116 cm³/mol. The minimum Gasteiger partial charge on any atom is -0.345 e. The molecule has 1 aliphatic rings. The van der Waals surface area contributed by atoms with Gasteiger partial charge < -0.3 is 4.98 Å². The second-order valence-corrected chi connectivity index (χ2v) is 9.30. The van der Waals surface area contributed by atoms with Gasteiger partial charge in [-0.25, -0.2) is 18.2 Å². The molecule has 0 aliphatic carbocycles. The van der Waals surface area contributed by atoms with Crippen LogP contribution in [0.3, 0.4) is 0 Å². The first-order valence-electron chi connectivity index (χ1n) is 10.8. The number of hydrogen-bond donors (Lipinski definition) is 2. The summed E-state index contributed by atoms with van der Waals surface area (Å²) < 4.78 is 19.6. The minimum absolute atomic E-state index is 0.0472. The molecule has 9 heteroatoms. The Kier molecular flexibility index (Phi) is 6.26. The molecule has 0 amide bonds. The van der Waals surface area contributed by atoms with Gasteiger partial charge in [0.25, 0.3) is 0 Å². The molecule has 3 aromatic heterocycles. The van der Waals surface area contributed by atoms with Gasteiger partial charge in [-0.15, -0.1) is 10.2 Å². The maximum absolute atomic E-state index is 12.2. The summed E-state index contributed by atoms with van der Waals surface area (Å²) in [4.78, 5) is 7.65. The van der Waals surface area contributed by atoms with E-state index in [0.717, 1.165) is 87.2 Å². The molecule has 1 saturated heterocycles. The van der Waals surface area contributed by atoms with Gasteiger partial charge in [-0.05, 0) is 38.2 Å². The molecule has 158 valence electrons. The number of H-pyrrole nitrogens is 1. The van der Waals surface area contributed by atoms with Crippen molar-refractivity contribution in [1.82, 2.24) is 33.6 Å². The monoisotopic (exact) mass is 417 g/mol. The molecule has 8 nitrogen and oxygen atoms in total. The van der Waals surface area contributed by atoms with Gasteiger partial charge >= 0.3 is 0 Å². The van der Waals surface area contributed by atoms with Crippen molar-refractivity contribution in [3.8, 4) is 0 Å². The third-order valence-corrected chi connectivity index (χ3v) is 7.27. The molecule has 2 N–H and O–H groups in total. The highest BCUT2D eigenvalue weighted by Gasteiger charge is 2.35. The fraction of sp³-hybridized carbons (Fsp3) is 0.650. The molecule has 0 saturated carbocycles. The average Bonchev–Trinajstić information content (AvgIpc) is 3.30. The fourth-order valence-electron chi connectivity index (χ4n) is 4.52. The summed E-state index contributed by atoms with van der Waals surface area (Å²) in [6, 6.07) is 2.04. The van der Waals surface area contributed by atoms with Gasteiger partial charge in [0.1, 0.15) is 5.82 Å². The summed E-state index contributed by atoms with van der Waals surface area (Å²) >= 11 is -1.05. The first kappa shape index (κ1) is 20.4. The van der Waals surface area contributed by atoms with Gasteiger partial charge in [0.15, 0.2) is 22.5 Å². The van der Waals surface area contributed by atoms with E-state index in [1.807, 2.05) is 16.6 Å². The van der Waals surface area contributed by atoms with Crippen LogP contribution in [-0.4, -0.2) is 52.7 Å². The maximum atomic E-state index is 12.2. The van der Waals surface area contributed by atoms with Crippen LogP contribution in [0.1, 0.15) is 64.6 Å². The third-order valence-electron chi connectivity index (χ3n) is 5.98. The van der Waals surface area contributed by atoms with Crippen molar-refractivity contribution in [1.29, 1.82) is 0 Å². The third kappa shape index (κ3) is 3.95. The standard InChI is InChI=1S/C20H31N7OS/c1-3-8-20(9-4-2,10-5-11-23-29(28)26-13-6-14-26)19-25-24-17-15-22-18-16(27(17)19)7-12-21-18/h7,12,15,21,23H,3-6,8-11,13-14H2,1-2H3. The molecule has 0 bridgehead atoms. The Morgan fingerprint density at radius 1 is 1.21 bits per heavy atom. The molecule has 0 spiro atoms. The van der Waals surface area contributed by atoms with E-state index in [4.69, 9.17) is 0 Å². The molecule has 1 atom stereocenters. The number of aromatic nitrogens is 5. The highest BCUT2D eigenvalue weighted by Crippen LogP contribution is 2.38. The molecule has 4 rings (SSSR count). The van der Waals surface area contributed by atoms with E-state index in [0.29, 0.717) is 0 Å². The second-order valence-electron chi connectivity index (χ2n) is 8.00. The fourth-order valence-corrected chi connectivity index (χ4v) is 5.61. The van der Waals surface area contributed by atoms with Crippen molar-refractivity contribution in [3.63, 3.8) is 0 Å². The second kappa shape index (κ2) is 8.89. The summed E-state index contributed by atoms with van der Waals surface area (Å²) in [5.74, 6) is 1.03. The lowest BCUT2D eigenvalue weighted by Gasteiger charge is -2.33. The first-order chi connectivity index (χ1) is 14.2. The van der Waals surface area contributed by atoms with E-state index in [1.165, 1.54) is 0 Å². The Morgan fingerprint density at radius 2 is 2.00 bits per heavy atom. The van der Waals surface area contributed by atoms with Crippen LogP contribution in [0, 0.1) is 0 Å². The normalized spacial score (nSPS) is 16.5. The predicted octanol–water partition coefficient (Wildman–Crippen LogP) is 3.10. The van der Waals surface area contributed by atoms with E-state index in [-0.39, 0.29) is 5.41 Å². The van der Waals surface area contributed by atoms with Crippen LogP contribution in [0.25, 0.3) is 16.8 Å². The van der Waals surface area contributed by atoms with Crippen LogP contribution in [0.15, 0.2) is 18.5 Å². The van der Waals surface area contributed by atoms with E-state index in [9.17, 15) is 4.21 Å². The lowest BCUT2D eigenvalue weighted by Crippen LogP contribution is -2.44. The topological polar surface area (TPSA) is 91.2 Å². The zero-order valence-corrected chi connectivity index (χ0v) is 18.2. The molecule has 0 radical (unpaired) electrons. The van der Waals surface area contributed by atoms with Crippen molar-refractivity contribution in [3.05, 3.63) is 24.3 Å².